The zero-order valence-corrected chi connectivity index (χ0v) is 23.8. The van der Waals surface area contributed by atoms with Crippen LogP contribution < -0.4 is 19.7 Å². The van der Waals surface area contributed by atoms with Crippen LogP contribution in [0.4, 0.5) is 5.69 Å². The van der Waals surface area contributed by atoms with Crippen molar-refractivity contribution in [3.63, 3.8) is 0 Å². The van der Waals surface area contributed by atoms with E-state index < -0.39 is 0 Å². The molecule has 3 atom stereocenters. The minimum Gasteiger partial charge on any atom is -0.497 e. The number of methoxy groups -OCH3 is 2. The summed E-state index contributed by atoms with van der Waals surface area (Å²) in [6, 6.07) is 14.4. The van der Waals surface area contributed by atoms with E-state index in [1.54, 1.807) is 14.2 Å². The Labute approximate surface area is 237 Å². The average Bonchev–Trinajstić information content (AvgIpc) is 3.54. The van der Waals surface area contributed by atoms with Crippen molar-refractivity contribution in [2.24, 2.45) is 0 Å². The fraction of sp³-hybridized carbons (Fsp3) is 0.581. The third-order valence-electron chi connectivity index (χ3n) is 8.10. The van der Waals surface area contributed by atoms with E-state index in [0.29, 0.717) is 26.3 Å². The van der Waals surface area contributed by atoms with Crippen LogP contribution in [-0.4, -0.2) is 96.3 Å². The highest BCUT2D eigenvalue weighted by atomic mass is 16.5. The smallest absolute Gasteiger partial charge is 0.248 e. The molecule has 9 nitrogen and oxygen atoms in total. The molecule has 2 fully saturated rings. The molecule has 40 heavy (non-hydrogen) atoms. The molecule has 2 saturated heterocycles. The van der Waals surface area contributed by atoms with Gasteiger partial charge in [-0.15, -0.1) is 0 Å². The number of piperidine rings is 1. The van der Waals surface area contributed by atoms with Gasteiger partial charge < -0.3 is 38.8 Å². The van der Waals surface area contributed by atoms with Gasteiger partial charge in [0.25, 0.3) is 0 Å². The molecule has 0 radical (unpaired) electrons. The number of ether oxygens (including phenoxy) is 5. The fourth-order valence-corrected chi connectivity index (χ4v) is 5.92. The summed E-state index contributed by atoms with van der Waals surface area (Å²) in [7, 11) is 3.41. The van der Waals surface area contributed by atoms with Gasteiger partial charge in [0.15, 0.2) is 0 Å². The highest BCUT2D eigenvalue weighted by Crippen LogP contribution is 2.35. The number of fused-ring (bicyclic) bond motifs is 1. The van der Waals surface area contributed by atoms with Crippen LogP contribution in [0.25, 0.3) is 0 Å². The number of carbonyl (C=O) groups is 1. The summed E-state index contributed by atoms with van der Waals surface area (Å²) in [6.07, 6.45) is 2.79. The summed E-state index contributed by atoms with van der Waals surface area (Å²) in [6.45, 7) is 6.80. The first-order chi connectivity index (χ1) is 19.7. The van der Waals surface area contributed by atoms with Crippen molar-refractivity contribution in [2.45, 2.75) is 44.0 Å². The van der Waals surface area contributed by atoms with Gasteiger partial charge in [-0.2, -0.15) is 0 Å². The highest BCUT2D eigenvalue weighted by molar-refractivity contribution is 5.77. The number of likely N-dealkylation sites (tertiary alicyclic amines) is 1. The predicted molar refractivity (Wildman–Crippen MR) is 153 cm³/mol. The van der Waals surface area contributed by atoms with E-state index in [0.717, 1.165) is 80.4 Å². The third-order valence-corrected chi connectivity index (χ3v) is 8.10. The van der Waals surface area contributed by atoms with E-state index >= 15 is 0 Å². The number of anilines is 1. The number of benzene rings is 2. The molecular formula is C31H43N3O6. The van der Waals surface area contributed by atoms with Gasteiger partial charge in [0.2, 0.25) is 5.91 Å². The van der Waals surface area contributed by atoms with Gasteiger partial charge >= 0.3 is 0 Å². The van der Waals surface area contributed by atoms with Crippen molar-refractivity contribution < 1.29 is 28.5 Å². The van der Waals surface area contributed by atoms with Gasteiger partial charge in [0, 0.05) is 52.4 Å². The van der Waals surface area contributed by atoms with Crippen LogP contribution in [0.3, 0.4) is 0 Å². The van der Waals surface area contributed by atoms with E-state index in [-0.39, 0.29) is 30.6 Å². The van der Waals surface area contributed by atoms with Crippen molar-refractivity contribution in [1.82, 2.24) is 10.2 Å². The second-order valence-corrected chi connectivity index (χ2v) is 10.7. The van der Waals surface area contributed by atoms with Crippen LogP contribution in [0.5, 0.6) is 11.5 Å². The maximum Gasteiger partial charge on any atom is 0.248 e. The zero-order chi connectivity index (χ0) is 27.7. The van der Waals surface area contributed by atoms with Gasteiger partial charge in [-0.1, -0.05) is 18.2 Å². The topological polar surface area (TPSA) is 81.7 Å². The van der Waals surface area contributed by atoms with Crippen LogP contribution in [0, 0.1) is 0 Å². The van der Waals surface area contributed by atoms with Gasteiger partial charge in [-0.3, -0.25) is 4.79 Å². The van der Waals surface area contributed by atoms with Crippen molar-refractivity contribution in [3.8, 4) is 11.5 Å². The lowest BCUT2D eigenvalue weighted by Gasteiger charge is -2.39. The summed E-state index contributed by atoms with van der Waals surface area (Å²) in [5.74, 6) is 1.77. The second kappa shape index (κ2) is 14.2. The molecule has 218 valence electrons. The molecule has 1 N–H and O–H groups in total. The molecule has 9 heteroatoms. The van der Waals surface area contributed by atoms with E-state index in [9.17, 15) is 4.79 Å². The number of nitrogens with one attached hydrogen (secondary N) is 1. The van der Waals surface area contributed by atoms with E-state index in [1.807, 2.05) is 23.1 Å². The van der Waals surface area contributed by atoms with Crippen LogP contribution in [0.15, 0.2) is 42.5 Å². The summed E-state index contributed by atoms with van der Waals surface area (Å²) < 4.78 is 29.5. The molecule has 2 aromatic rings. The van der Waals surface area contributed by atoms with Gasteiger partial charge in [-0.05, 0) is 54.7 Å². The Kier molecular flexibility index (Phi) is 10.2. The van der Waals surface area contributed by atoms with Gasteiger partial charge in [0.1, 0.15) is 24.7 Å². The summed E-state index contributed by atoms with van der Waals surface area (Å²) in [5, 5.41) is 3.48. The summed E-state index contributed by atoms with van der Waals surface area (Å²) >= 11 is 0. The maximum absolute atomic E-state index is 12.7. The Bertz CT molecular complexity index is 1090. The first-order valence-corrected chi connectivity index (χ1v) is 14.5. The molecule has 0 saturated carbocycles. The Balaban J connectivity index is 1.29. The molecule has 3 heterocycles. The highest BCUT2D eigenvalue weighted by Gasteiger charge is 2.37. The molecule has 3 aliphatic rings. The molecule has 0 bridgehead atoms. The number of hydrogen-bond donors (Lipinski definition) is 1. The van der Waals surface area contributed by atoms with E-state index in [1.165, 1.54) is 0 Å². The zero-order valence-electron chi connectivity index (χ0n) is 23.8. The molecule has 5 rings (SSSR count). The number of amides is 1. The first-order valence-electron chi connectivity index (χ1n) is 14.5. The SMILES string of the molecule is COCCCN1CCOc2ccc(CO[C@H]3CNC[C@@H](OCC(=O)N4CCCC4)C3c3ccc(OC)cc3)cc21. The fourth-order valence-electron chi connectivity index (χ4n) is 5.92. The van der Waals surface area contributed by atoms with Crippen molar-refractivity contribution in [2.75, 3.05) is 78.2 Å². The third kappa shape index (κ3) is 7.07. The molecule has 0 spiro atoms. The number of hydrogen-bond acceptors (Lipinski definition) is 8. The van der Waals surface area contributed by atoms with Crippen LogP contribution >= 0.6 is 0 Å². The minimum atomic E-state index is -0.188. The maximum atomic E-state index is 12.7. The Morgan fingerprint density at radius 2 is 1.77 bits per heavy atom. The molecule has 2 aromatic carbocycles. The van der Waals surface area contributed by atoms with Crippen molar-refractivity contribution >= 4 is 11.6 Å². The van der Waals surface area contributed by atoms with E-state index in [4.69, 9.17) is 23.7 Å². The van der Waals surface area contributed by atoms with E-state index in [2.05, 4.69) is 34.5 Å². The predicted octanol–water partition coefficient (Wildman–Crippen LogP) is 3.21. The Hall–Kier alpha value is -2.85. The van der Waals surface area contributed by atoms with Crippen LogP contribution in [0.1, 0.15) is 36.3 Å². The van der Waals surface area contributed by atoms with Gasteiger partial charge in [-0.25, -0.2) is 0 Å². The summed E-state index contributed by atoms with van der Waals surface area (Å²) in [5.41, 5.74) is 3.33. The molecule has 1 unspecified atom stereocenters. The van der Waals surface area contributed by atoms with Crippen molar-refractivity contribution in [3.05, 3.63) is 53.6 Å². The standard InChI is InChI=1S/C31H43N3O6/c1-36-16-5-14-33-15-17-38-27-11-6-23(18-26(27)33)21-39-28-19-32-20-29(40-22-30(35)34-12-3-4-13-34)31(28)24-7-9-25(37-2)10-8-24/h6-11,18,28-29,31-32H,3-5,12-17,19-22H2,1-2H3/t28-,29+,31?/m0/s1. The first kappa shape index (κ1) is 28.7. The quantitative estimate of drug-likeness (QED) is 0.402. The Morgan fingerprint density at radius 3 is 2.52 bits per heavy atom. The largest absolute Gasteiger partial charge is 0.497 e. The normalized spacial score (nSPS) is 22.6. The lowest BCUT2D eigenvalue weighted by Crippen LogP contribution is -2.51. The molecular weight excluding hydrogens is 510 g/mol. The Morgan fingerprint density at radius 1 is 1.00 bits per heavy atom. The summed E-state index contributed by atoms with van der Waals surface area (Å²) in [4.78, 5) is 17.0. The van der Waals surface area contributed by atoms with Gasteiger partial charge in [0.05, 0.1) is 38.2 Å². The van der Waals surface area contributed by atoms with Crippen LogP contribution in [0.2, 0.25) is 0 Å². The second-order valence-electron chi connectivity index (χ2n) is 10.7. The molecule has 0 aliphatic carbocycles. The lowest BCUT2D eigenvalue weighted by molar-refractivity contribution is -0.139. The monoisotopic (exact) mass is 553 g/mol. The minimum absolute atomic E-state index is 0.0231. The lowest BCUT2D eigenvalue weighted by atomic mass is 9.85. The van der Waals surface area contributed by atoms with Crippen molar-refractivity contribution in [1.29, 1.82) is 0 Å². The molecule has 3 aliphatic heterocycles. The number of nitrogens with zero attached hydrogens (tertiary/aromatic N) is 2. The number of rotatable bonds is 12. The molecule has 1 amide bonds. The molecule has 0 aromatic heterocycles. The number of carbonyl (C=O) groups excluding carboxylic acids is 1. The average molecular weight is 554 g/mol. The van der Waals surface area contributed by atoms with Crippen LogP contribution in [-0.2, 0) is 25.6 Å².